The summed E-state index contributed by atoms with van der Waals surface area (Å²) >= 11 is 0. The molecule has 0 saturated carbocycles. The monoisotopic (exact) mass is 345 g/mol. The second-order valence-electron chi connectivity index (χ2n) is 4.52. The van der Waals surface area contributed by atoms with Crippen LogP contribution < -0.4 is 10.2 Å². The largest absolute Gasteiger partial charge is 0.379 e. The van der Waals surface area contributed by atoms with Crippen LogP contribution in [-0.2, 0) is 6.54 Å². The minimum Gasteiger partial charge on any atom is -0.379 e. The molecule has 0 bridgehead atoms. The van der Waals surface area contributed by atoms with Gasteiger partial charge in [-0.05, 0) is 50.2 Å². The number of hydrogen-bond acceptors (Lipinski definition) is 3. The molecule has 22 heavy (non-hydrogen) atoms. The van der Waals surface area contributed by atoms with Crippen LogP contribution >= 0.6 is 24.8 Å². The summed E-state index contributed by atoms with van der Waals surface area (Å²) in [4.78, 5) is 6.85. The molecule has 2 rings (SSSR count). The number of hydrogen-bond donors (Lipinski definition) is 1. The van der Waals surface area contributed by atoms with Crippen molar-refractivity contribution in [1.82, 2.24) is 4.98 Å². The molecule has 2 aromatic rings. The van der Waals surface area contributed by atoms with Crippen LogP contribution in [0.2, 0.25) is 0 Å². The first-order valence-corrected chi connectivity index (χ1v) is 6.93. The highest BCUT2D eigenvalue weighted by atomic mass is 35.5. The van der Waals surface area contributed by atoms with Gasteiger partial charge in [-0.3, -0.25) is 0 Å². The van der Waals surface area contributed by atoms with Crippen molar-refractivity contribution in [3.05, 3.63) is 54.0 Å². The number of nitrogens with zero attached hydrogens (tertiary/aromatic N) is 2. The van der Waals surface area contributed by atoms with E-state index in [0.717, 1.165) is 30.3 Å². The molecule has 0 aliphatic carbocycles. The third kappa shape index (κ3) is 5.70. The van der Waals surface area contributed by atoms with Gasteiger partial charge in [-0.1, -0.05) is 6.07 Å². The van der Waals surface area contributed by atoms with Crippen LogP contribution in [0.1, 0.15) is 19.5 Å². The van der Waals surface area contributed by atoms with Gasteiger partial charge in [0.1, 0.15) is 11.6 Å². The Morgan fingerprint density at radius 2 is 1.64 bits per heavy atom. The van der Waals surface area contributed by atoms with E-state index in [4.69, 9.17) is 0 Å². The van der Waals surface area contributed by atoms with E-state index in [2.05, 4.69) is 29.0 Å². The average molecular weight is 346 g/mol. The Morgan fingerprint density at radius 3 is 2.23 bits per heavy atom. The van der Waals surface area contributed by atoms with E-state index in [-0.39, 0.29) is 30.6 Å². The summed E-state index contributed by atoms with van der Waals surface area (Å²) in [5.41, 5.74) is 1.86. The Balaban J connectivity index is 0.00000220. The smallest absolute Gasteiger partial charge is 0.128 e. The number of anilines is 2. The lowest BCUT2D eigenvalue weighted by atomic mass is 10.3. The van der Waals surface area contributed by atoms with Crippen molar-refractivity contribution >= 4 is 36.3 Å². The maximum atomic E-state index is 12.8. The lowest BCUT2D eigenvalue weighted by Crippen LogP contribution is -2.23. The van der Waals surface area contributed by atoms with E-state index < -0.39 is 0 Å². The molecule has 1 N–H and O–H groups in total. The SMILES string of the molecule is CCN(CC)c1cccc(CNc2ccc(F)cc2)n1.Cl.Cl. The third-order valence-electron chi connectivity index (χ3n) is 3.20. The van der Waals surface area contributed by atoms with E-state index in [1.807, 2.05) is 18.2 Å². The quantitative estimate of drug-likeness (QED) is 0.833. The molecule has 0 fully saturated rings. The second-order valence-corrected chi connectivity index (χ2v) is 4.52. The van der Waals surface area contributed by atoms with E-state index in [9.17, 15) is 4.39 Å². The number of aromatic nitrogens is 1. The first-order chi connectivity index (χ1) is 9.72. The molecule has 122 valence electrons. The van der Waals surface area contributed by atoms with Gasteiger partial charge in [-0.2, -0.15) is 0 Å². The minimum atomic E-state index is -0.225. The topological polar surface area (TPSA) is 28.2 Å². The summed E-state index contributed by atoms with van der Waals surface area (Å²) in [5.74, 6) is 0.769. The number of benzene rings is 1. The van der Waals surface area contributed by atoms with Crippen molar-refractivity contribution in [2.75, 3.05) is 23.3 Å². The molecular formula is C16H22Cl2FN3. The Hall–Kier alpha value is -1.52. The molecule has 0 saturated heterocycles. The van der Waals surface area contributed by atoms with Crippen molar-refractivity contribution < 1.29 is 4.39 Å². The maximum absolute atomic E-state index is 12.8. The predicted octanol–water partition coefficient (Wildman–Crippen LogP) is 4.52. The number of nitrogens with one attached hydrogen (secondary N) is 1. The summed E-state index contributed by atoms with van der Waals surface area (Å²) < 4.78 is 12.8. The van der Waals surface area contributed by atoms with Gasteiger partial charge in [0.2, 0.25) is 0 Å². The van der Waals surface area contributed by atoms with E-state index in [0.29, 0.717) is 6.54 Å². The molecule has 1 aromatic carbocycles. The highest BCUT2D eigenvalue weighted by Gasteiger charge is 2.04. The van der Waals surface area contributed by atoms with E-state index >= 15 is 0 Å². The molecule has 0 spiro atoms. The highest BCUT2D eigenvalue weighted by Crippen LogP contribution is 2.13. The molecular weight excluding hydrogens is 324 g/mol. The lowest BCUT2D eigenvalue weighted by Gasteiger charge is -2.20. The van der Waals surface area contributed by atoms with Gasteiger partial charge in [-0.15, -0.1) is 24.8 Å². The number of halogens is 3. The zero-order valence-corrected chi connectivity index (χ0v) is 14.4. The van der Waals surface area contributed by atoms with Gasteiger partial charge in [-0.25, -0.2) is 9.37 Å². The second kappa shape index (κ2) is 10.2. The lowest BCUT2D eigenvalue weighted by molar-refractivity contribution is 0.628. The Kier molecular flexibility index (Phi) is 9.54. The molecule has 3 nitrogen and oxygen atoms in total. The molecule has 0 unspecified atom stereocenters. The van der Waals surface area contributed by atoms with Gasteiger partial charge >= 0.3 is 0 Å². The molecule has 1 aromatic heterocycles. The molecule has 0 radical (unpaired) electrons. The third-order valence-corrected chi connectivity index (χ3v) is 3.20. The number of rotatable bonds is 6. The van der Waals surface area contributed by atoms with Gasteiger partial charge in [0.25, 0.3) is 0 Å². The molecule has 0 amide bonds. The predicted molar refractivity (Wildman–Crippen MR) is 96.0 cm³/mol. The Bertz CT molecular complexity index is 545. The summed E-state index contributed by atoms with van der Waals surface area (Å²) in [7, 11) is 0. The van der Waals surface area contributed by atoms with Crippen LogP contribution in [0.25, 0.3) is 0 Å². The van der Waals surface area contributed by atoms with Crippen molar-refractivity contribution in [3.63, 3.8) is 0 Å². The summed E-state index contributed by atoms with van der Waals surface area (Å²) in [6.45, 7) is 6.75. The van der Waals surface area contributed by atoms with Crippen LogP contribution in [0.4, 0.5) is 15.9 Å². The minimum absolute atomic E-state index is 0. The van der Waals surface area contributed by atoms with Crippen LogP contribution in [0.3, 0.4) is 0 Å². The first kappa shape index (κ1) is 20.5. The van der Waals surface area contributed by atoms with Crippen LogP contribution in [0.5, 0.6) is 0 Å². The molecule has 1 heterocycles. The zero-order chi connectivity index (χ0) is 14.4. The maximum Gasteiger partial charge on any atom is 0.128 e. The van der Waals surface area contributed by atoms with Gasteiger partial charge in [0.15, 0.2) is 0 Å². The van der Waals surface area contributed by atoms with Crippen molar-refractivity contribution in [2.24, 2.45) is 0 Å². The van der Waals surface area contributed by atoms with Crippen LogP contribution in [0.15, 0.2) is 42.5 Å². The van der Waals surface area contributed by atoms with Gasteiger partial charge < -0.3 is 10.2 Å². The molecule has 0 aliphatic heterocycles. The summed E-state index contributed by atoms with van der Waals surface area (Å²) in [6, 6.07) is 12.4. The fraction of sp³-hybridized carbons (Fsp3) is 0.312. The Morgan fingerprint density at radius 1 is 1.00 bits per heavy atom. The average Bonchev–Trinajstić information content (AvgIpc) is 2.48. The zero-order valence-electron chi connectivity index (χ0n) is 12.8. The molecule has 0 aliphatic rings. The fourth-order valence-electron chi connectivity index (χ4n) is 2.05. The van der Waals surface area contributed by atoms with E-state index in [1.165, 1.54) is 12.1 Å². The van der Waals surface area contributed by atoms with Crippen LogP contribution in [-0.4, -0.2) is 18.1 Å². The van der Waals surface area contributed by atoms with Gasteiger partial charge in [0, 0.05) is 18.8 Å². The van der Waals surface area contributed by atoms with Crippen molar-refractivity contribution in [3.8, 4) is 0 Å². The molecule has 0 atom stereocenters. The Labute approximate surface area is 143 Å². The summed E-state index contributed by atoms with van der Waals surface area (Å²) in [5, 5.41) is 3.24. The standard InChI is InChI=1S/C16H20FN3.2ClH/c1-3-20(4-2)16-7-5-6-15(19-16)12-18-14-10-8-13(17)9-11-14;;/h5-11,18H,3-4,12H2,1-2H3;2*1H. The molecule has 6 heteroatoms. The first-order valence-electron chi connectivity index (χ1n) is 6.93. The van der Waals surface area contributed by atoms with E-state index in [1.54, 1.807) is 12.1 Å². The van der Waals surface area contributed by atoms with Gasteiger partial charge in [0.05, 0.1) is 12.2 Å². The fourth-order valence-corrected chi connectivity index (χ4v) is 2.05. The summed E-state index contributed by atoms with van der Waals surface area (Å²) in [6.07, 6.45) is 0. The van der Waals surface area contributed by atoms with Crippen molar-refractivity contribution in [1.29, 1.82) is 0 Å². The van der Waals surface area contributed by atoms with Crippen molar-refractivity contribution in [2.45, 2.75) is 20.4 Å². The highest BCUT2D eigenvalue weighted by molar-refractivity contribution is 5.85. The van der Waals surface area contributed by atoms with Crippen LogP contribution in [0, 0.1) is 5.82 Å². The normalized spacial score (nSPS) is 9.41. The number of pyridine rings is 1.